The molecule has 1 aliphatic rings. The maximum absolute atomic E-state index is 6.26. The molecule has 0 aromatic heterocycles. The molecular formula is C15H22Cl2N2. The van der Waals surface area contributed by atoms with Gasteiger partial charge >= 0.3 is 0 Å². The fourth-order valence-corrected chi connectivity index (χ4v) is 3.32. The Morgan fingerprint density at radius 2 is 2.11 bits per heavy atom. The van der Waals surface area contributed by atoms with Crippen LogP contribution in [0.4, 0.5) is 0 Å². The molecule has 0 saturated carbocycles. The Bertz CT molecular complexity index is 436. The van der Waals surface area contributed by atoms with E-state index in [1.807, 2.05) is 18.2 Å². The smallest absolute Gasteiger partial charge is 0.0454 e. The second-order valence-corrected chi connectivity index (χ2v) is 6.53. The summed E-state index contributed by atoms with van der Waals surface area (Å²) < 4.78 is 0. The summed E-state index contributed by atoms with van der Waals surface area (Å²) in [5, 5.41) is 5.23. The van der Waals surface area contributed by atoms with Gasteiger partial charge in [-0.2, -0.15) is 0 Å². The van der Waals surface area contributed by atoms with Crippen LogP contribution in [-0.4, -0.2) is 31.1 Å². The third-order valence-electron chi connectivity index (χ3n) is 4.00. The lowest BCUT2D eigenvalue weighted by molar-refractivity contribution is 0.168. The van der Waals surface area contributed by atoms with Crippen LogP contribution in [0.2, 0.25) is 10.0 Å². The number of piperidine rings is 1. The second-order valence-electron chi connectivity index (χ2n) is 5.69. The number of nitrogens with zero attached hydrogens (tertiary/aromatic N) is 1. The van der Waals surface area contributed by atoms with Crippen molar-refractivity contribution in [1.29, 1.82) is 0 Å². The van der Waals surface area contributed by atoms with Gasteiger partial charge in [0.05, 0.1) is 0 Å². The van der Waals surface area contributed by atoms with Crippen LogP contribution in [0.1, 0.15) is 31.9 Å². The van der Waals surface area contributed by atoms with Gasteiger partial charge in [0, 0.05) is 28.7 Å². The van der Waals surface area contributed by atoms with Crippen molar-refractivity contribution in [2.45, 2.75) is 32.4 Å². The zero-order chi connectivity index (χ0) is 14.0. The number of likely N-dealkylation sites (tertiary alicyclic amines) is 1. The lowest BCUT2D eigenvalue weighted by atomic mass is 9.93. The first-order valence-corrected chi connectivity index (χ1v) is 7.62. The summed E-state index contributed by atoms with van der Waals surface area (Å²) in [4.78, 5) is 2.39. The molecule has 2 rings (SSSR count). The van der Waals surface area contributed by atoms with Crippen molar-refractivity contribution in [3.63, 3.8) is 0 Å². The number of hydrogen-bond acceptors (Lipinski definition) is 2. The third-order valence-corrected chi connectivity index (χ3v) is 4.58. The Morgan fingerprint density at radius 1 is 1.37 bits per heavy atom. The minimum atomic E-state index is 0.224. The number of rotatable bonds is 3. The molecule has 0 bridgehead atoms. The first kappa shape index (κ1) is 15.1. The van der Waals surface area contributed by atoms with Crippen LogP contribution in [0, 0.1) is 5.92 Å². The maximum atomic E-state index is 6.26. The van der Waals surface area contributed by atoms with Crippen molar-refractivity contribution in [3.05, 3.63) is 33.8 Å². The van der Waals surface area contributed by atoms with E-state index in [9.17, 15) is 0 Å². The lowest BCUT2D eigenvalue weighted by Gasteiger charge is -2.37. The highest BCUT2D eigenvalue weighted by atomic mass is 35.5. The van der Waals surface area contributed by atoms with Crippen molar-refractivity contribution < 1.29 is 0 Å². The summed E-state index contributed by atoms with van der Waals surface area (Å²) >= 11 is 12.3. The van der Waals surface area contributed by atoms with E-state index < -0.39 is 0 Å². The van der Waals surface area contributed by atoms with Gasteiger partial charge in [0.15, 0.2) is 0 Å². The molecule has 1 aliphatic heterocycles. The molecule has 106 valence electrons. The Morgan fingerprint density at radius 3 is 2.79 bits per heavy atom. The molecule has 0 spiro atoms. The Balaban J connectivity index is 2.04. The predicted octanol–water partition coefficient (Wildman–Crippen LogP) is 3.98. The third kappa shape index (κ3) is 3.85. The number of halogens is 2. The van der Waals surface area contributed by atoms with E-state index in [4.69, 9.17) is 23.2 Å². The molecule has 3 unspecified atom stereocenters. The van der Waals surface area contributed by atoms with E-state index in [2.05, 4.69) is 31.1 Å². The molecular weight excluding hydrogens is 279 g/mol. The van der Waals surface area contributed by atoms with Crippen LogP contribution in [0.15, 0.2) is 18.2 Å². The molecule has 19 heavy (non-hydrogen) atoms. The average molecular weight is 301 g/mol. The molecule has 1 heterocycles. The van der Waals surface area contributed by atoms with E-state index in [-0.39, 0.29) is 6.04 Å². The summed E-state index contributed by atoms with van der Waals surface area (Å²) in [5.41, 5.74) is 1.08. The normalized spacial score (nSPS) is 26.4. The number of benzene rings is 1. The Hall–Kier alpha value is -0.280. The summed E-state index contributed by atoms with van der Waals surface area (Å²) in [5.74, 6) is 0.652. The van der Waals surface area contributed by atoms with Crippen LogP contribution in [0.5, 0.6) is 0 Å². The highest BCUT2D eigenvalue weighted by Gasteiger charge is 2.25. The topological polar surface area (TPSA) is 15.3 Å². The molecule has 1 aromatic carbocycles. The van der Waals surface area contributed by atoms with Gasteiger partial charge in [-0.05, 0) is 56.6 Å². The molecule has 0 aliphatic carbocycles. The first-order valence-electron chi connectivity index (χ1n) is 6.87. The van der Waals surface area contributed by atoms with Crippen molar-refractivity contribution >= 4 is 23.2 Å². The van der Waals surface area contributed by atoms with Crippen molar-refractivity contribution in [3.8, 4) is 0 Å². The molecule has 1 saturated heterocycles. The monoisotopic (exact) mass is 300 g/mol. The first-order chi connectivity index (χ1) is 8.97. The highest BCUT2D eigenvalue weighted by Crippen LogP contribution is 2.28. The van der Waals surface area contributed by atoms with Gasteiger partial charge in [-0.1, -0.05) is 30.1 Å². The van der Waals surface area contributed by atoms with E-state index in [0.29, 0.717) is 12.0 Å². The maximum Gasteiger partial charge on any atom is 0.0454 e. The van der Waals surface area contributed by atoms with Crippen LogP contribution in [0.3, 0.4) is 0 Å². The molecule has 1 fully saturated rings. The van der Waals surface area contributed by atoms with E-state index >= 15 is 0 Å². The SMILES string of the molecule is CC(NC1CCN(C)CC1C)c1cc(Cl)ccc1Cl. The summed E-state index contributed by atoms with van der Waals surface area (Å²) in [6, 6.07) is 6.43. The molecule has 4 heteroatoms. The van der Waals surface area contributed by atoms with E-state index in [1.54, 1.807) is 0 Å². The number of hydrogen-bond donors (Lipinski definition) is 1. The van der Waals surface area contributed by atoms with Crippen molar-refractivity contribution in [2.75, 3.05) is 20.1 Å². The summed E-state index contributed by atoms with van der Waals surface area (Å²) in [7, 11) is 2.18. The van der Waals surface area contributed by atoms with Gasteiger partial charge in [-0.25, -0.2) is 0 Å². The second kappa shape index (κ2) is 6.45. The van der Waals surface area contributed by atoms with Gasteiger partial charge in [-0.15, -0.1) is 0 Å². The van der Waals surface area contributed by atoms with Gasteiger partial charge in [0.25, 0.3) is 0 Å². The van der Waals surface area contributed by atoms with Crippen molar-refractivity contribution in [1.82, 2.24) is 10.2 Å². The zero-order valence-electron chi connectivity index (χ0n) is 11.8. The Kier molecular flexibility index (Phi) is 5.13. The highest BCUT2D eigenvalue weighted by molar-refractivity contribution is 6.33. The average Bonchev–Trinajstić information content (AvgIpc) is 2.35. The standard InChI is InChI=1S/C15H22Cl2N2/c1-10-9-19(3)7-6-15(10)18-11(2)13-8-12(16)4-5-14(13)17/h4-5,8,10-11,15,18H,6-7,9H2,1-3H3. The molecule has 1 aromatic rings. The lowest BCUT2D eigenvalue weighted by Crippen LogP contribution is -2.47. The number of nitrogens with one attached hydrogen (secondary N) is 1. The zero-order valence-corrected chi connectivity index (χ0v) is 13.3. The van der Waals surface area contributed by atoms with Gasteiger partial charge < -0.3 is 10.2 Å². The fraction of sp³-hybridized carbons (Fsp3) is 0.600. The summed E-state index contributed by atoms with van der Waals surface area (Å²) in [6.45, 7) is 6.76. The predicted molar refractivity (Wildman–Crippen MR) is 83.1 cm³/mol. The quantitative estimate of drug-likeness (QED) is 0.908. The van der Waals surface area contributed by atoms with Gasteiger partial charge in [0.2, 0.25) is 0 Å². The minimum Gasteiger partial charge on any atom is -0.307 e. The van der Waals surface area contributed by atoms with Crippen LogP contribution in [-0.2, 0) is 0 Å². The van der Waals surface area contributed by atoms with Gasteiger partial charge in [0.1, 0.15) is 0 Å². The molecule has 0 amide bonds. The molecule has 1 N–H and O–H groups in total. The van der Waals surface area contributed by atoms with Crippen molar-refractivity contribution in [2.24, 2.45) is 5.92 Å². The minimum absolute atomic E-state index is 0.224. The largest absolute Gasteiger partial charge is 0.307 e. The van der Waals surface area contributed by atoms with Crippen LogP contribution >= 0.6 is 23.2 Å². The van der Waals surface area contributed by atoms with E-state index in [0.717, 1.165) is 28.7 Å². The fourth-order valence-electron chi connectivity index (χ4n) is 2.86. The van der Waals surface area contributed by atoms with Crippen LogP contribution < -0.4 is 5.32 Å². The van der Waals surface area contributed by atoms with Crippen LogP contribution in [0.25, 0.3) is 0 Å². The molecule has 3 atom stereocenters. The molecule has 0 radical (unpaired) electrons. The summed E-state index contributed by atoms with van der Waals surface area (Å²) in [6.07, 6.45) is 1.18. The van der Waals surface area contributed by atoms with Gasteiger partial charge in [-0.3, -0.25) is 0 Å². The molecule has 2 nitrogen and oxygen atoms in total. The Labute approximate surface area is 126 Å². The van der Waals surface area contributed by atoms with E-state index in [1.165, 1.54) is 6.42 Å².